The normalized spacial score (nSPS) is 24.9. The molecule has 0 aromatic heterocycles. The third kappa shape index (κ3) is 1.77. The first-order chi connectivity index (χ1) is 7.01. The number of amidine groups is 1. The van der Waals surface area contributed by atoms with Gasteiger partial charge < -0.3 is 10.5 Å². The van der Waals surface area contributed by atoms with Gasteiger partial charge in [-0.25, -0.2) is 9.38 Å². The number of nitrogens with zero attached hydrogens (tertiary/aromatic N) is 1. The van der Waals surface area contributed by atoms with Crippen molar-refractivity contribution in [2.24, 2.45) is 10.7 Å². The van der Waals surface area contributed by atoms with Crippen LogP contribution in [0.25, 0.3) is 0 Å². The largest absolute Gasteiger partial charge is 0.462 e. The van der Waals surface area contributed by atoms with E-state index in [4.69, 9.17) is 22.1 Å². The van der Waals surface area contributed by atoms with E-state index in [0.717, 1.165) is 0 Å². The monoisotopic (exact) mass is 228 g/mol. The summed E-state index contributed by atoms with van der Waals surface area (Å²) in [6.07, 6.45) is 0. The molecule has 3 nitrogen and oxygen atoms in total. The van der Waals surface area contributed by atoms with Crippen LogP contribution in [0.15, 0.2) is 23.2 Å². The van der Waals surface area contributed by atoms with E-state index < -0.39 is 11.4 Å². The molecule has 0 saturated heterocycles. The predicted octanol–water partition coefficient (Wildman–Crippen LogP) is 2.04. The van der Waals surface area contributed by atoms with Crippen LogP contribution in [0, 0.1) is 5.82 Å². The zero-order valence-corrected chi connectivity index (χ0v) is 8.88. The Balaban J connectivity index is 2.42. The number of aliphatic imine (C=N–C) groups is 1. The molecule has 0 radical (unpaired) electrons. The summed E-state index contributed by atoms with van der Waals surface area (Å²) in [5.41, 5.74) is 5.51. The van der Waals surface area contributed by atoms with E-state index in [1.807, 2.05) is 6.92 Å². The third-order valence-electron chi connectivity index (χ3n) is 2.40. The maximum atomic E-state index is 13.2. The standard InChI is InChI=1S/C10H10ClFN2O/c1-10(5-15-9(13)14-10)6-2-3-7(11)8(12)4-6/h2-4H,5H2,1H3,(H2,13,14)/t10-/m1/s1. The molecule has 0 fully saturated rings. The van der Waals surface area contributed by atoms with Gasteiger partial charge >= 0.3 is 0 Å². The second-order valence-corrected chi connectivity index (χ2v) is 4.05. The smallest absolute Gasteiger partial charge is 0.283 e. The molecule has 0 saturated carbocycles. The molecule has 80 valence electrons. The maximum absolute atomic E-state index is 13.2. The van der Waals surface area contributed by atoms with E-state index in [1.54, 1.807) is 6.07 Å². The molecule has 0 spiro atoms. The number of ether oxygens (including phenoxy) is 1. The lowest BCUT2D eigenvalue weighted by Crippen LogP contribution is -2.20. The van der Waals surface area contributed by atoms with Crippen molar-refractivity contribution in [1.29, 1.82) is 0 Å². The second kappa shape index (κ2) is 3.38. The predicted molar refractivity (Wildman–Crippen MR) is 56.3 cm³/mol. The molecular formula is C10H10ClFN2O. The van der Waals surface area contributed by atoms with Crippen LogP contribution in [0.1, 0.15) is 12.5 Å². The fourth-order valence-electron chi connectivity index (χ4n) is 1.50. The summed E-state index contributed by atoms with van der Waals surface area (Å²) in [6.45, 7) is 2.15. The van der Waals surface area contributed by atoms with Crippen LogP contribution in [-0.4, -0.2) is 12.6 Å². The van der Waals surface area contributed by atoms with E-state index in [9.17, 15) is 4.39 Å². The first-order valence-electron chi connectivity index (χ1n) is 4.45. The molecule has 0 amide bonds. The summed E-state index contributed by atoms with van der Waals surface area (Å²) in [5.74, 6) is -0.462. The Morgan fingerprint density at radius 1 is 1.60 bits per heavy atom. The topological polar surface area (TPSA) is 47.6 Å². The summed E-state index contributed by atoms with van der Waals surface area (Å²) in [5, 5.41) is 0.0956. The maximum Gasteiger partial charge on any atom is 0.283 e. The quantitative estimate of drug-likeness (QED) is 0.800. The Morgan fingerprint density at radius 3 is 2.87 bits per heavy atom. The molecule has 0 bridgehead atoms. The lowest BCUT2D eigenvalue weighted by atomic mass is 9.94. The van der Waals surface area contributed by atoms with Gasteiger partial charge in [-0.3, -0.25) is 0 Å². The van der Waals surface area contributed by atoms with Crippen molar-refractivity contribution in [3.63, 3.8) is 0 Å². The van der Waals surface area contributed by atoms with Crippen molar-refractivity contribution >= 4 is 17.6 Å². The van der Waals surface area contributed by atoms with Crippen molar-refractivity contribution in [3.8, 4) is 0 Å². The first-order valence-corrected chi connectivity index (χ1v) is 4.83. The fraction of sp³-hybridized carbons (Fsp3) is 0.300. The molecule has 1 aliphatic heterocycles. The SMILES string of the molecule is C[C@]1(c2ccc(Cl)c(F)c2)COC(N)=N1. The average Bonchev–Trinajstić information content (AvgIpc) is 2.52. The van der Waals surface area contributed by atoms with Gasteiger partial charge in [0, 0.05) is 0 Å². The number of hydrogen-bond donors (Lipinski definition) is 1. The molecule has 1 aromatic rings. The zero-order chi connectivity index (χ0) is 11.1. The van der Waals surface area contributed by atoms with Crippen LogP contribution in [0.2, 0.25) is 5.02 Å². The van der Waals surface area contributed by atoms with E-state index in [0.29, 0.717) is 12.2 Å². The lowest BCUT2D eigenvalue weighted by molar-refractivity contribution is 0.266. The molecular weight excluding hydrogens is 219 g/mol. The molecule has 1 aliphatic rings. The highest BCUT2D eigenvalue weighted by molar-refractivity contribution is 6.30. The van der Waals surface area contributed by atoms with Gasteiger partial charge in [-0.15, -0.1) is 0 Å². The third-order valence-corrected chi connectivity index (χ3v) is 2.71. The van der Waals surface area contributed by atoms with Crippen molar-refractivity contribution in [3.05, 3.63) is 34.6 Å². The number of nitrogens with two attached hydrogens (primary N) is 1. The lowest BCUT2D eigenvalue weighted by Gasteiger charge is -2.18. The van der Waals surface area contributed by atoms with Crippen molar-refractivity contribution in [2.75, 3.05) is 6.61 Å². The Bertz CT molecular complexity index is 435. The molecule has 1 heterocycles. The van der Waals surface area contributed by atoms with Crippen molar-refractivity contribution in [2.45, 2.75) is 12.5 Å². The summed E-state index contributed by atoms with van der Waals surface area (Å²) >= 11 is 5.59. The minimum Gasteiger partial charge on any atom is -0.462 e. The van der Waals surface area contributed by atoms with Crippen molar-refractivity contribution < 1.29 is 9.13 Å². The van der Waals surface area contributed by atoms with Gasteiger partial charge in [0.15, 0.2) is 0 Å². The van der Waals surface area contributed by atoms with Crippen molar-refractivity contribution in [1.82, 2.24) is 0 Å². The highest BCUT2D eigenvalue weighted by Crippen LogP contribution is 2.31. The van der Waals surface area contributed by atoms with Gasteiger partial charge in [0.2, 0.25) is 0 Å². The highest BCUT2D eigenvalue weighted by atomic mass is 35.5. The van der Waals surface area contributed by atoms with Gasteiger partial charge in [0.1, 0.15) is 18.0 Å². The van der Waals surface area contributed by atoms with Gasteiger partial charge in [-0.05, 0) is 24.6 Å². The Kier molecular flexibility index (Phi) is 2.31. The number of benzene rings is 1. The van der Waals surface area contributed by atoms with Crippen LogP contribution in [0.5, 0.6) is 0 Å². The van der Waals surface area contributed by atoms with E-state index in [-0.39, 0.29) is 11.0 Å². The second-order valence-electron chi connectivity index (χ2n) is 3.64. The van der Waals surface area contributed by atoms with Crippen LogP contribution >= 0.6 is 11.6 Å². The highest BCUT2D eigenvalue weighted by Gasteiger charge is 2.33. The van der Waals surface area contributed by atoms with Gasteiger partial charge in [-0.1, -0.05) is 17.7 Å². The summed E-state index contributed by atoms with van der Waals surface area (Å²) < 4.78 is 18.3. The Hall–Kier alpha value is -1.29. The van der Waals surface area contributed by atoms with Gasteiger partial charge in [0.25, 0.3) is 6.02 Å². The first kappa shape index (κ1) is 10.2. The molecule has 0 aliphatic carbocycles. The van der Waals surface area contributed by atoms with Gasteiger partial charge in [0.05, 0.1) is 5.02 Å². The van der Waals surface area contributed by atoms with Crippen LogP contribution in [-0.2, 0) is 10.3 Å². The molecule has 0 unspecified atom stereocenters. The summed E-state index contributed by atoms with van der Waals surface area (Å²) in [6, 6.07) is 4.71. The summed E-state index contributed by atoms with van der Waals surface area (Å²) in [7, 11) is 0. The Labute approximate surface area is 91.7 Å². The number of hydrogen-bond acceptors (Lipinski definition) is 3. The summed E-state index contributed by atoms with van der Waals surface area (Å²) in [4.78, 5) is 4.12. The van der Waals surface area contributed by atoms with E-state index >= 15 is 0 Å². The number of halogens is 2. The minimum atomic E-state index is -0.616. The van der Waals surface area contributed by atoms with E-state index in [1.165, 1.54) is 12.1 Å². The van der Waals surface area contributed by atoms with Crippen LogP contribution in [0.4, 0.5) is 4.39 Å². The molecule has 1 aromatic carbocycles. The van der Waals surface area contributed by atoms with Crippen LogP contribution < -0.4 is 5.73 Å². The fourth-order valence-corrected chi connectivity index (χ4v) is 1.62. The molecule has 15 heavy (non-hydrogen) atoms. The Morgan fingerprint density at radius 2 is 2.33 bits per heavy atom. The molecule has 2 N–H and O–H groups in total. The van der Waals surface area contributed by atoms with E-state index in [2.05, 4.69) is 4.99 Å². The molecule has 2 rings (SSSR count). The minimum absolute atomic E-state index is 0.0956. The zero-order valence-electron chi connectivity index (χ0n) is 8.13. The average molecular weight is 229 g/mol. The molecule has 1 atom stereocenters. The molecule has 5 heteroatoms. The van der Waals surface area contributed by atoms with Crippen LogP contribution in [0.3, 0.4) is 0 Å². The van der Waals surface area contributed by atoms with Gasteiger partial charge in [-0.2, -0.15) is 0 Å². The number of rotatable bonds is 1.